The third-order valence-corrected chi connectivity index (χ3v) is 16.5. The van der Waals surface area contributed by atoms with Crippen molar-refractivity contribution >= 4 is 47.5 Å². The number of hydrogen-bond donors (Lipinski definition) is 0. The van der Waals surface area contributed by atoms with Crippen LogP contribution in [0.25, 0.3) is 12.2 Å². The number of phosphoric ester groups is 2. The van der Waals surface area contributed by atoms with Gasteiger partial charge in [0.15, 0.2) is 42.7 Å². The number of phosphoric acid groups is 2. The summed E-state index contributed by atoms with van der Waals surface area (Å²) in [7, 11) is -4.05. The van der Waals surface area contributed by atoms with Crippen molar-refractivity contribution in [2.75, 3.05) is 70.1 Å². The van der Waals surface area contributed by atoms with Crippen molar-refractivity contribution in [3.05, 3.63) is 166 Å². The molecule has 0 unspecified atom stereocenters. The highest BCUT2D eigenvalue weighted by Gasteiger charge is 2.32. The Balaban J connectivity index is 0.000000304. The van der Waals surface area contributed by atoms with Crippen molar-refractivity contribution in [3.8, 4) is 57.5 Å². The smallest absolute Gasteiger partial charge is 0.496 e. The van der Waals surface area contributed by atoms with E-state index >= 15 is 0 Å². The van der Waals surface area contributed by atoms with Crippen LogP contribution >= 0.6 is 15.6 Å². The second-order valence-electron chi connectivity index (χ2n) is 16.5. The minimum atomic E-state index is -4.24. The minimum Gasteiger partial charge on any atom is -0.496 e. The number of methoxy groups -OCH3 is 8. The van der Waals surface area contributed by atoms with Gasteiger partial charge in [-0.25, -0.2) is 26.0 Å². The van der Waals surface area contributed by atoms with Crippen LogP contribution in [-0.4, -0.2) is 86.9 Å². The van der Waals surface area contributed by atoms with Crippen LogP contribution in [0.15, 0.2) is 132 Å². The molecule has 0 bridgehead atoms. The van der Waals surface area contributed by atoms with Gasteiger partial charge in [-0.1, -0.05) is 72.8 Å². The van der Waals surface area contributed by atoms with Crippen LogP contribution in [-0.2, 0) is 71.6 Å². The van der Waals surface area contributed by atoms with Gasteiger partial charge in [0.25, 0.3) is 0 Å². The molecule has 24 heteroatoms. The Morgan fingerprint density at radius 3 is 1.00 bits per heavy atom. The van der Waals surface area contributed by atoms with Crippen LogP contribution in [0.5, 0.6) is 57.5 Å². The first-order valence-electron chi connectivity index (χ1n) is 24.3. The SMILES string of the molecule is CCOP(=O)(OCC)Oc1cc(CS(=O)(=O)/C=C/c2c(OC)cc(OC)cc2OC)ccc1OC.COc1cc(OC)c(/C=C/S(=O)(=O)Cc2ccc(OC)c(OP(=O)(OCc3ccccc3)OCc3ccccc3)c2)c(OC)c1. The molecule has 0 fully saturated rings. The monoisotopic (exact) mass is 1180 g/mol. The minimum absolute atomic E-state index is 0.00266. The largest absolute Gasteiger partial charge is 0.530 e. The Labute approximate surface area is 468 Å². The number of hydrogen-bond acceptors (Lipinski definition) is 20. The van der Waals surface area contributed by atoms with Crippen molar-refractivity contribution in [2.45, 2.75) is 38.6 Å². The maximum atomic E-state index is 13.9. The molecular weight excluding hydrogens is 1120 g/mol. The molecule has 6 rings (SSSR count). The van der Waals surface area contributed by atoms with Gasteiger partial charge in [0, 0.05) is 35.1 Å². The summed E-state index contributed by atoms with van der Waals surface area (Å²) >= 11 is 0. The summed E-state index contributed by atoms with van der Waals surface area (Å²) in [4.78, 5) is 0. The van der Waals surface area contributed by atoms with Crippen LogP contribution in [0.1, 0.15) is 47.2 Å². The van der Waals surface area contributed by atoms with Crippen LogP contribution in [0.4, 0.5) is 0 Å². The summed E-state index contributed by atoms with van der Waals surface area (Å²) in [5, 5.41) is 2.14. The molecule has 80 heavy (non-hydrogen) atoms. The van der Waals surface area contributed by atoms with Gasteiger partial charge in [0.1, 0.15) is 34.5 Å². The van der Waals surface area contributed by atoms with E-state index in [9.17, 15) is 26.0 Å². The quantitative estimate of drug-likeness (QED) is 0.0381. The lowest BCUT2D eigenvalue weighted by molar-refractivity contribution is 0.142. The fourth-order valence-electron chi connectivity index (χ4n) is 7.26. The highest BCUT2D eigenvalue weighted by Crippen LogP contribution is 2.54. The molecule has 0 radical (unpaired) electrons. The van der Waals surface area contributed by atoms with Gasteiger partial charge < -0.3 is 46.9 Å². The van der Waals surface area contributed by atoms with E-state index in [4.69, 9.17) is 65.0 Å². The molecule has 0 saturated carbocycles. The molecule has 6 aromatic rings. The van der Waals surface area contributed by atoms with E-state index in [0.717, 1.165) is 21.9 Å². The van der Waals surface area contributed by atoms with Crippen molar-refractivity contribution in [2.24, 2.45) is 0 Å². The lowest BCUT2D eigenvalue weighted by Crippen LogP contribution is -2.06. The maximum Gasteiger partial charge on any atom is 0.530 e. The van der Waals surface area contributed by atoms with Gasteiger partial charge in [-0.15, -0.1) is 0 Å². The lowest BCUT2D eigenvalue weighted by Gasteiger charge is -2.20. The standard InChI is InChI=1S/C33H35O10PS.C23H31O10PS/c1-37-28-20-31(39-3)29(32(21-28)40-4)17-18-45(35,36)24-27-15-16-30(38-2)33(19-27)43-44(34,41-22-25-11-7-5-8-12-25)42-23-26-13-9-6-10-14-26;1-7-31-34(24,32-8-2)33-23-13-17(9-10-20(23)28-4)16-35(25,26)12-11-19-21(29-5)14-18(27-3)15-22(19)30-6/h5-21H,22-24H2,1-4H3;9-15H,7-8,16H2,1-6H3/b18-17+;12-11+. The molecule has 0 aromatic heterocycles. The highest BCUT2D eigenvalue weighted by molar-refractivity contribution is 7.93. The van der Waals surface area contributed by atoms with Crippen molar-refractivity contribution in [3.63, 3.8) is 0 Å². The van der Waals surface area contributed by atoms with Crippen molar-refractivity contribution in [1.29, 1.82) is 0 Å². The average molecular weight is 1190 g/mol. The second kappa shape index (κ2) is 30.5. The zero-order chi connectivity index (χ0) is 58.4. The van der Waals surface area contributed by atoms with E-state index in [0.29, 0.717) is 56.8 Å². The van der Waals surface area contributed by atoms with Crippen molar-refractivity contribution in [1.82, 2.24) is 0 Å². The molecule has 0 heterocycles. The first-order valence-corrected chi connectivity index (χ1v) is 30.7. The molecular formula is C56H66O20P2S2. The van der Waals surface area contributed by atoms with Crippen LogP contribution in [0.3, 0.4) is 0 Å². The van der Waals surface area contributed by atoms with Gasteiger partial charge in [-0.2, -0.15) is 0 Å². The second-order valence-corrected chi connectivity index (χ2v) is 23.5. The van der Waals surface area contributed by atoms with Crippen LogP contribution < -0.4 is 46.9 Å². The zero-order valence-corrected chi connectivity index (χ0v) is 49.4. The average Bonchev–Trinajstić information content (AvgIpc) is 3.46. The van der Waals surface area contributed by atoms with Gasteiger partial charge in [0.05, 0.1) is 106 Å². The molecule has 0 aliphatic rings. The van der Waals surface area contributed by atoms with Gasteiger partial charge in [0.2, 0.25) is 0 Å². The van der Waals surface area contributed by atoms with E-state index < -0.39 is 41.1 Å². The summed E-state index contributed by atoms with van der Waals surface area (Å²) in [6.07, 6.45) is 2.79. The predicted octanol–water partition coefficient (Wildman–Crippen LogP) is 12.1. The predicted molar refractivity (Wildman–Crippen MR) is 304 cm³/mol. The van der Waals surface area contributed by atoms with E-state index in [2.05, 4.69) is 0 Å². The molecule has 0 saturated heterocycles. The molecule has 432 valence electrons. The summed E-state index contributed by atoms with van der Waals surface area (Å²) in [6.45, 7) is 3.38. The number of ether oxygens (including phenoxy) is 8. The number of benzene rings is 6. The summed E-state index contributed by atoms with van der Waals surface area (Å²) < 4.78 is 155. The maximum absolute atomic E-state index is 13.9. The Morgan fingerprint density at radius 1 is 0.375 bits per heavy atom. The summed E-state index contributed by atoms with van der Waals surface area (Å²) in [5.74, 6) is 2.24. The summed E-state index contributed by atoms with van der Waals surface area (Å²) in [5.41, 5.74) is 3.10. The molecule has 0 aliphatic carbocycles. The van der Waals surface area contributed by atoms with E-state index in [1.165, 1.54) is 93.3 Å². The molecule has 0 spiro atoms. The van der Waals surface area contributed by atoms with E-state index in [-0.39, 0.29) is 55.2 Å². The molecule has 0 aliphatic heterocycles. The fourth-order valence-corrected chi connectivity index (χ4v) is 11.8. The van der Waals surface area contributed by atoms with Crippen LogP contribution in [0, 0.1) is 0 Å². The third kappa shape index (κ3) is 19.1. The normalized spacial score (nSPS) is 11.8. The third-order valence-electron chi connectivity index (χ3n) is 11.0. The lowest BCUT2D eigenvalue weighted by atomic mass is 10.1. The first-order chi connectivity index (χ1) is 38.3. The van der Waals surface area contributed by atoms with Crippen molar-refractivity contribution < 1.29 is 91.0 Å². The number of rotatable bonds is 30. The van der Waals surface area contributed by atoms with Gasteiger partial charge >= 0.3 is 15.6 Å². The van der Waals surface area contributed by atoms with Crippen LogP contribution in [0.2, 0.25) is 0 Å². The number of sulfone groups is 2. The Bertz CT molecular complexity index is 3250. The van der Waals surface area contributed by atoms with Gasteiger partial charge in [-0.05, 0) is 72.5 Å². The first kappa shape index (κ1) is 63.8. The Hall–Kier alpha value is -7.00. The molecule has 0 atom stereocenters. The highest BCUT2D eigenvalue weighted by atomic mass is 32.2. The molecule has 6 aromatic carbocycles. The molecule has 20 nitrogen and oxygen atoms in total. The van der Waals surface area contributed by atoms with Gasteiger partial charge in [-0.3, -0.25) is 18.1 Å². The van der Waals surface area contributed by atoms with E-state index in [1.807, 2.05) is 60.7 Å². The Morgan fingerprint density at radius 2 is 0.700 bits per heavy atom. The fraction of sp³-hybridized carbons (Fsp3) is 0.286. The van der Waals surface area contributed by atoms with E-state index in [1.54, 1.807) is 50.2 Å². The molecule has 0 N–H and O–H groups in total. The zero-order valence-electron chi connectivity index (χ0n) is 46.0. The Kier molecular flexibility index (Phi) is 24.4. The molecule has 0 amide bonds. The topological polar surface area (TPSA) is 232 Å². The summed E-state index contributed by atoms with van der Waals surface area (Å²) in [6, 6.07) is 33.8.